The summed E-state index contributed by atoms with van der Waals surface area (Å²) in [7, 11) is 0. The molecule has 1 aromatic heterocycles. The fraction of sp³-hybridized carbons (Fsp3) is 0.211. The molecule has 0 atom stereocenters. The van der Waals surface area contributed by atoms with Gasteiger partial charge in [-0.25, -0.2) is 10.2 Å². The van der Waals surface area contributed by atoms with Crippen LogP contribution in [0.15, 0.2) is 35.8 Å². The largest absolute Gasteiger partial charge is 0.458 e. The number of ether oxygens (including phenoxy) is 2. The number of urea groups is 1. The Morgan fingerprint density at radius 2 is 2.04 bits per heavy atom. The molecule has 27 heavy (non-hydrogen) atoms. The van der Waals surface area contributed by atoms with E-state index in [1.807, 2.05) is 0 Å². The molecule has 0 unspecified atom stereocenters. The first-order chi connectivity index (χ1) is 13.2. The van der Waals surface area contributed by atoms with Crippen molar-refractivity contribution in [2.45, 2.75) is 25.7 Å². The van der Waals surface area contributed by atoms with E-state index in [9.17, 15) is 10.1 Å². The zero-order valence-electron chi connectivity index (χ0n) is 14.3. The number of carbonyl (C=O) groups is 1. The Morgan fingerprint density at radius 3 is 2.89 bits per heavy atom. The van der Waals surface area contributed by atoms with Gasteiger partial charge in [-0.2, -0.15) is 10.4 Å². The van der Waals surface area contributed by atoms with Crippen LogP contribution in [0.3, 0.4) is 0 Å². The SMILES string of the molecule is N#Cc1c(NC(=O)N/N=C/c2ccc3c(c2)OC=CO3)sc2c1CCCC2. The molecule has 0 saturated carbocycles. The highest BCUT2D eigenvalue weighted by atomic mass is 32.1. The summed E-state index contributed by atoms with van der Waals surface area (Å²) in [6, 6.07) is 7.04. The van der Waals surface area contributed by atoms with E-state index in [4.69, 9.17) is 9.47 Å². The van der Waals surface area contributed by atoms with Crippen LogP contribution < -0.4 is 20.2 Å². The van der Waals surface area contributed by atoms with Crippen LogP contribution in [0.4, 0.5) is 9.80 Å². The fourth-order valence-corrected chi connectivity index (χ4v) is 4.30. The van der Waals surface area contributed by atoms with Gasteiger partial charge in [0.1, 0.15) is 23.6 Å². The molecule has 0 bridgehead atoms. The van der Waals surface area contributed by atoms with Crippen LogP contribution in [-0.4, -0.2) is 12.2 Å². The van der Waals surface area contributed by atoms with Crippen molar-refractivity contribution < 1.29 is 14.3 Å². The van der Waals surface area contributed by atoms with Crippen LogP contribution in [0.1, 0.15) is 34.4 Å². The first-order valence-electron chi connectivity index (χ1n) is 8.51. The second kappa shape index (κ2) is 7.51. The van der Waals surface area contributed by atoms with Gasteiger partial charge in [0.05, 0.1) is 11.8 Å². The van der Waals surface area contributed by atoms with Gasteiger partial charge in [-0.1, -0.05) is 0 Å². The molecule has 1 aliphatic heterocycles. The average Bonchev–Trinajstić information content (AvgIpc) is 3.04. The van der Waals surface area contributed by atoms with Crippen LogP contribution in [0.5, 0.6) is 11.5 Å². The van der Waals surface area contributed by atoms with Crippen molar-refractivity contribution >= 4 is 28.6 Å². The topological polar surface area (TPSA) is 95.7 Å². The molecule has 7 nitrogen and oxygen atoms in total. The first-order valence-corrected chi connectivity index (χ1v) is 9.33. The van der Waals surface area contributed by atoms with Gasteiger partial charge in [0.15, 0.2) is 11.5 Å². The minimum absolute atomic E-state index is 0.484. The third-order valence-corrected chi connectivity index (χ3v) is 5.51. The lowest BCUT2D eigenvalue weighted by atomic mass is 9.96. The fourth-order valence-electron chi connectivity index (χ4n) is 3.07. The molecule has 2 N–H and O–H groups in total. The number of rotatable bonds is 3. The molecule has 2 aliphatic rings. The van der Waals surface area contributed by atoms with E-state index in [2.05, 4.69) is 21.9 Å². The number of carbonyl (C=O) groups excluding carboxylic acids is 1. The summed E-state index contributed by atoms with van der Waals surface area (Å²) >= 11 is 1.48. The standard InChI is InChI=1S/C19H16N4O3S/c20-10-14-13-3-1-2-4-17(13)27-18(14)22-19(24)23-21-11-12-5-6-15-16(9-12)26-8-7-25-15/h5-9,11H,1-4H2,(H2,22,23,24)/b21-11+. The molecule has 0 fully saturated rings. The average molecular weight is 380 g/mol. The zero-order chi connectivity index (χ0) is 18.6. The number of anilines is 1. The van der Waals surface area contributed by atoms with Crippen LogP contribution >= 0.6 is 11.3 Å². The van der Waals surface area contributed by atoms with Crippen molar-refractivity contribution in [3.8, 4) is 17.6 Å². The number of nitrogens with zero attached hydrogens (tertiary/aromatic N) is 2. The lowest BCUT2D eigenvalue weighted by molar-refractivity contribution is 0.252. The van der Waals surface area contributed by atoms with Crippen molar-refractivity contribution in [3.05, 3.63) is 52.3 Å². The minimum Gasteiger partial charge on any atom is -0.458 e. The predicted octanol–water partition coefficient (Wildman–Crippen LogP) is 3.90. The lowest BCUT2D eigenvalue weighted by Gasteiger charge is -2.12. The summed E-state index contributed by atoms with van der Waals surface area (Å²) < 4.78 is 10.6. The third-order valence-electron chi connectivity index (χ3n) is 4.30. The summed E-state index contributed by atoms with van der Waals surface area (Å²) in [5.41, 5.74) is 4.83. The molecule has 136 valence electrons. The zero-order valence-corrected chi connectivity index (χ0v) is 15.1. The summed E-state index contributed by atoms with van der Waals surface area (Å²) in [4.78, 5) is 13.3. The molecule has 2 aromatic rings. The van der Waals surface area contributed by atoms with Crippen molar-refractivity contribution in [3.63, 3.8) is 0 Å². The van der Waals surface area contributed by atoms with Crippen LogP contribution in [0.2, 0.25) is 0 Å². The number of hydrogen-bond acceptors (Lipinski definition) is 6. The molecule has 1 aromatic carbocycles. The molecule has 0 spiro atoms. The predicted molar refractivity (Wildman–Crippen MR) is 102 cm³/mol. The molecule has 0 saturated heterocycles. The van der Waals surface area contributed by atoms with Gasteiger partial charge in [-0.3, -0.25) is 5.32 Å². The molecular weight excluding hydrogens is 364 g/mol. The van der Waals surface area contributed by atoms with Gasteiger partial charge in [-0.15, -0.1) is 11.3 Å². The second-order valence-electron chi connectivity index (χ2n) is 6.06. The number of nitriles is 1. The Hall–Kier alpha value is -3.31. The van der Waals surface area contributed by atoms with Crippen molar-refractivity contribution in [2.24, 2.45) is 5.10 Å². The smallest absolute Gasteiger partial charge is 0.340 e. The Kier molecular flexibility index (Phi) is 4.77. The van der Waals surface area contributed by atoms with Gasteiger partial charge in [0, 0.05) is 4.88 Å². The van der Waals surface area contributed by atoms with Gasteiger partial charge in [-0.05, 0) is 55.0 Å². The normalized spacial score (nSPS) is 14.5. The van der Waals surface area contributed by atoms with Crippen LogP contribution in [0.25, 0.3) is 0 Å². The molecule has 8 heteroatoms. The number of fused-ring (bicyclic) bond motifs is 2. The van der Waals surface area contributed by atoms with Gasteiger partial charge >= 0.3 is 6.03 Å². The summed E-state index contributed by atoms with van der Waals surface area (Å²) in [6.45, 7) is 0. The number of thiophene rings is 1. The van der Waals surface area contributed by atoms with E-state index in [0.29, 0.717) is 22.1 Å². The van der Waals surface area contributed by atoms with Crippen molar-refractivity contribution in [1.82, 2.24) is 5.43 Å². The van der Waals surface area contributed by atoms with Crippen LogP contribution in [-0.2, 0) is 12.8 Å². The highest BCUT2D eigenvalue weighted by Crippen LogP contribution is 2.37. The summed E-state index contributed by atoms with van der Waals surface area (Å²) in [5, 5.41) is 16.7. The molecule has 1 aliphatic carbocycles. The van der Waals surface area contributed by atoms with E-state index in [0.717, 1.165) is 36.8 Å². The highest BCUT2D eigenvalue weighted by molar-refractivity contribution is 7.16. The number of nitrogens with one attached hydrogen (secondary N) is 2. The van der Waals surface area contributed by atoms with Crippen LogP contribution in [0, 0.1) is 11.3 Å². The molecule has 2 heterocycles. The molecule has 4 rings (SSSR count). The van der Waals surface area contributed by atoms with E-state index in [-0.39, 0.29) is 0 Å². The maximum atomic E-state index is 12.1. The Labute approximate surface area is 159 Å². The third kappa shape index (κ3) is 3.64. The van der Waals surface area contributed by atoms with E-state index in [1.165, 1.54) is 35.0 Å². The maximum absolute atomic E-state index is 12.1. The van der Waals surface area contributed by atoms with Gasteiger partial charge in [0.2, 0.25) is 0 Å². The van der Waals surface area contributed by atoms with E-state index in [1.54, 1.807) is 18.2 Å². The highest BCUT2D eigenvalue weighted by Gasteiger charge is 2.21. The number of aryl methyl sites for hydroxylation is 1. The van der Waals surface area contributed by atoms with Crippen molar-refractivity contribution in [2.75, 3.05) is 5.32 Å². The molecule has 0 radical (unpaired) electrons. The lowest BCUT2D eigenvalue weighted by Crippen LogP contribution is -2.24. The summed E-state index contributed by atoms with van der Waals surface area (Å²) in [6.07, 6.45) is 8.48. The van der Waals surface area contributed by atoms with Gasteiger partial charge < -0.3 is 9.47 Å². The number of hydrogen-bond donors (Lipinski definition) is 2. The van der Waals surface area contributed by atoms with Gasteiger partial charge in [0.25, 0.3) is 0 Å². The van der Waals surface area contributed by atoms with E-state index >= 15 is 0 Å². The number of hydrazone groups is 1. The first kappa shape index (κ1) is 17.1. The molecular formula is C19H16N4O3S. The Balaban J connectivity index is 1.40. The second-order valence-corrected chi connectivity index (χ2v) is 7.17. The number of benzene rings is 1. The monoisotopic (exact) mass is 380 g/mol. The van der Waals surface area contributed by atoms with E-state index < -0.39 is 6.03 Å². The maximum Gasteiger partial charge on any atom is 0.340 e. The number of amides is 2. The Morgan fingerprint density at radius 1 is 1.22 bits per heavy atom. The quantitative estimate of drug-likeness (QED) is 0.624. The minimum atomic E-state index is -0.484. The molecule has 2 amide bonds. The Bertz CT molecular complexity index is 988. The van der Waals surface area contributed by atoms with Crippen molar-refractivity contribution in [1.29, 1.82) is 5.26 Å². The summed E-state index contributed by atoms with van der Waals surface area (Å²) in [5.74, 6) is 1.19.